The Morgan fingerprint density at radius 3 is 2.63 bits per heavy atom. The molecule has 0 aliphatic carbocycles. The van der Waals surface area contributed by atoms with E-state index in [0.717, 1.165) is 45.7 Å². The summed E-state index contributed by atoms with van der Waals surface area (Å²) in [6, 6.07) is 17.0. The molecule has 0 unspecified atom stereocenters. The molecular formula is C25H22ClN6O2S-. The summed E-state index contributed by atoms with van der Waals surface area (Å²) < 4.78 is 4.16. The summed E-state index contributed by atoms with van der Waals surface area (Å²) in [5, 5.41) is 19.1. The van der Waals surface area contributed by atoms with E-state index in [1.807, 2.05) is 30.3 Å². The number of carboxylic acid groups (broad SMARTS) is 1. The molecule has 0 atom stereocenters. The first kappa shape index (κ1) is 24.4. The van der Waals surface area contributed by atoms with Crippen molar-refractivity contribution in [3.8, 4) is 17.1 Å². The molecule has 0 saturated carbocycles. The van der Waals surface area contributed by atoms with Crippen molar-refractivity contribution in [1.29, 1.82) is 0 Å². The van der Waals surface area contributed by atoms with Gasteiger partial charge in [-0.1, -0.05) is 30.0 Å². The number of aromatic nitrogens is 6. The van der Waals surface area contributed by atoms with Gasteiger partial charge in [0.15, 0.2) is 11.0 Å². The Labute approximate surface area is 212 Å². The maximum Gasteiger partial charge on any atom is 0.335 e. The molecule has 2 aromatic carbocycles. The van der Waals surface area contributed by atoms with Crippen LogP contribution in [0.15, 0.2) is 72.1 Å². The maximum absolute atomic E-state index is 11.4. The van der Waals surface area contributed by atoms with Crippen molar-refractivity contribution in [2.24, 2.45) is 0 Å². The molecule has 178 valence electrons. The van der Waals surface area contributed by atoms with Crippen LogP contribution in [0.5, 0.6) is 0 Å². The minimum absolute atomic E-state index is 0. The highest BCUT2D eigenvalue weighted by Gasteiger charge is 2.19. The number of pyridine rings is 1. The number of hydrogen-bond acceptors (Lipinski definition) is 6. The number of nitrogens with zero attached hydrogens (tertiary/aromatic N) is 6. The van der Waals surface area contributed by atoms with E-state index in [-0.39, 0.29) is 18.0 Å². The number of halogens is 1. The lowest BCUT2D eigenvalue weighted by Crippen LogP contribution is -3.00. The third-order valence-corrected chi connectivity index (χ3v) is 6.56. The summed E-state index contributed by atoms with van der Waals surface area (Å²) in [4.78, 5) is 20.4. The average Bonchev–Trinajstić information content (AvgIpc) is 3.43. The van der Waals surface area contributed by atoms with Crippen LogP contribution in [0.4, 0.5) is 0 Å². The molecule has 0 aliphatic heterocycles. The lowest BCUT2D eigenvalue weighted by atomic mass is 10.2. The highest BCUT2D eigenvalue weighted by Crippen LogP contribution is 2.31. The molecule has 0 spiro atoms. The summed E-state index contributed by atoms with van der Waals surface area (Å²) in [5.74, 6) is 1.17. The molecule has 0 saturated heterocycles. The number of aryl methyl sites for hydroxylation is 2. The van der Waals surface area contributed by atoms with Gasteiger partial charge in [0.2, 0.25) is 0 Å². The second-order valence-corrected chi connectivity index (χ2v) is 8.68. The third kappa shape index (κ3) is 4.65. The zero-order valence-corrected chi connectivity index (χ0v) is 20.7. The number of carboxylic acids is 1. The minimum Gasteiger partial charge on any atom is -1.00 e. The summed E-state index contributed by atoms with van der Waals surface area (Å²) >= 11 is 1.54. The molecule has 35 heavy (non-hydrogen) atoms. The van der Waals surface area contributed by atoms with Crippen LogP contribution in [-0.2, 0) is 12.3 Å². The number of aromatic carboxylic acids is 1. The normalized spacial score (nSPS) is 10.9. The SMILES string of the molecule is CCn1c(CSc2nnc(-c3cccnc3)n2-c2ccccc2C)nc2cc(C(=O)O)ccc21.[Cl-]. The van der Waals surface area contributed by atoms with Gasteiger partial charge < -0.3 is 22.1 Å². The molecule has 0 amide bonds. The van der Waals surface area contributed by atoms with E-state index in [4.69, 9.17) is 4.98 Å². The van der Waals surface area contributed by atoms with E-state index < -0.39 is 5.97 Å². The first-order valence-electron chi connectivity index (χ1n) is 10.8. The van der Waals surface area contributed by atoms with Crippen molar-refractivity contribution in [2.45, 2.75) is 31.3 Å². The van der Waals surface area contributed by atoms with Gasteiger partial charge in [-0.3, -0.25) is 9.55 Å². The molecule has 5 rings (SSSR count). The van der Waals surface area contributed by atoms with Gasteiger partial charge in [-0.15, -0.1) is 10.2 Å². The van der Waals surface area contributed by atoms with E-state index in [9.17, 15) is 9.90 Å². The van der Waals surface area contributed by atoms with E-state index >= 15 is 0 Å². The second kappa shape index (κ2) is 10.3. The molecular weight excluding hydrogens is 484 g/mol. The summed E-state index contributed by atoms with van der Waals surface area (Å²) in [7, 11) is 0. The first-order chi connectivity index (χ1) is 16.6. The first-order valence-corrected chi connectivity index (χ1v) is 11.8. The zero-order valence-electron chi connectivity index (χ0n) is 19.1. The Morgan fingerprint density at radius 2 is 1.91 bits per heavy atom. The predicted octanol–water partition coefficient (Wildman–Crippen LogP) is 2.00. The van der Waals surface area contributed by atoms with Gasteiger partial charge >= 0.3 is 5.97 Å². The monoisotopic (exact) mass is 505 g/mol. The largest absolute Gasteiger partial charge is 1.00 e. The van der Waals surface area contributed by atoms with Crippen molar-refractivity contribution in [3.05, 3.63) is 83.9 Å². The number of imidazole rings is 1. The number of para-hydroxylation sites is 1. The molecule has 5 aromatic rings. The molecule has 1 N–H and O–H groups in total. The highest BCUT2D eigenvalue weighted by molar-refractivity contribution is 7.98. The fourth-order valence-corrected chi connectivity index (χ4v) is 4.87. The quantitative estimate of drug-likeness (QED) is 0.338. The Bertz CT molecular complexity index is 1500. The van der Waals surface area contributed by atoms with Crippen LogP contribution < -0.4 is 12.4 Å². The van der Waals surface area contributed by atoms with Crippen LogP contribution in [0.3, 0.4) is 0 Å². The van der Waals surface area contributed by atoms with Crippen LogP contribution in [-0.4, -0.2) is 40.4 Å². The van der Waals surface area contributed by atoms with Gasteiger partial charge in [-0.2, -0.15) is 0 Å². The van der Waals surface area contributed by atoms with Gasteiger partial charge in [-0.25, -0.2) is 9.78 Å². The van der Waals surface area contributed by atoms with Gasteiger partial charge in [0.05, 0.1) is 28.0 Å². The summed E-state index contributed by atoms with van der Waals surface area (Å²) in [5.41, 5.74) is 4.81. The summed E-state index contributed by atoms with van der Waals surface area (Å²) in [6.07, 6.45) is 3.52. The van der Waals surface area contributed by atoms with E-state index in [1.165, 1.54) is 0 Å². The van der Waals surface area contributed by atoms with Gasteiger partial charge in [-0.05, 0) is 55.8 Å². The standard InChI is InChI=1S/C25H22N6O2S.ClH/c1-3-30-21-11-10-17(24(32)33)13-19(21)27-22(30)15-34-25-29-28-23(18-8-6-12-26-14-18)31(25)20-9-5-4-7-16(20)2;/h4-14H,3,15H2,1-2H3,(H,32,33);1H/p-1. The Hall–Kier alpha value is -3.69. The van der Waals surface area contributed by atoms with Crippen molar-refractivity contribution >= 4 is 28.8 Å². The van der Waals surface area contributed by atoms with Crippen LogP contribution >= 0.6 is 11.8 Å². The molecule has 0 radical (unpaired) electrons. The number of rotatable bonds is 7. The van der Waals surface area contributed by atoms with E-state index in [1.54, 1.807) is 36.3 Å². The number of fused-ring (bicyclic) bond motifs is 1. The lowest BCUT2D eigenvalue weighted by Gasteiger charge is -2.13. The topological polar surface area (TPSA) is 98.7 Å². The fourth-order valence-electron chi connectivity index (χ4n) is 3.98. The fraction of sp³-hybridized carbons (Fsp3) is 0.160. The lowest BCUT2D eigenvalue weighted by molar-refractivity contribution is -0.0000225. The second-order valence-electron chi connectivity index (χ2n) is 7.74. The smallest absolute Gasteiger partial charge is 0.335 e. The Morgan fingerprint density at radius 1 is 1.09 bits per heavy atom. The maximum atomic E-state index is 11.4. The van der Waals surface area contributed by atoms with Crippen LogP contribution in [0.2, 0.25) is 0 Å². The van der Waals surface area contributed by atoms with Gasteiger partial charge in [0.1, 0.15) is 5.82 Å². The molecule has 0 fully saturated rings. The van der Waals surface area contributed by atoms with E-state index in [2.05, 4.69) is 50.3 Å². The van der Waals surface area contributed by atoms with Gasteiger partial charge in [0, 0.05) is 24.5 Å². The summed E-state index contributed by atoms with van der Waals surface area (Å²) in [6.45, 7) is 4.84. The van der Waals surface area contributed by atoms with Crippen LogP contribution in [0, 0.1) is 6.92 Å². The molecule has 0 bridgehead atoms. The Balaban J connectivity index is 0.00000289. The number of carbonyl (C=O) groups is 1. The Kier molecular flexibility index (Phi) is 7.18. The van der Waals surface area contributed by atoms with Crippen molar-refractivity contribution < 1.29 is 22.3 Å². The highest BCUT2D eigenvalue weighted by atomic mass is 35.5. The number of benzene rings is 2. The molecule has 8 nitrogen and oxygen atoms in total. The third-order valence-electron chi connectivity index (χ3n) is 5.63. The average molecular weight is 506 g/mol. The molecule has 10 heteroatoms. The van der Waals surface area contributed by atoms with Gasteiger partial charge in [0.25, 0.3) is 0 Å². The van der Waals surface area contributed by atoms with Crippen LogP contribution in [0.25, 0.3) is 28.1 Å². The van der Waals surface area contributed by atoms with E-state index in [0.29, 0.717) is 11.3 Å². The van der Waals surface area contributed by atoms with Crippen molar-refractivity contribution in [1.82, 2.24) is 29.3 Å². The minimum atomic E-state index is -0.960. The van der Waals surface area contributed by atoms with Crippen molar-refractivity contribution in [3.63, 3.8) is 0 Å². The molecule has 3 aromatic heterocycles. The molecule has 3 heterocycles. The number of hydrogen-bond donors (Lipinski definition) is 1. The van der Waals surface area contributed by atoms with Crippen LogP contribution in [0.1, 0.15) is 28.7 Å². The van der Waals surface area contributed by atoms with Crippen molar-refractivity contribution in [2.75, 3.05) is 0 Å². The number of thioether (sulfide) groups is 1. The zero-order chi connectivity index (χ0) is 23.7. The molecule has 0 aliphatic rings. The predicted molar refractivity (Wildman–Crippen MR) is 131 cm³/mol.